The standard InChI is InChI=1S/C55H38N2SSi.C33H19NOS.C33H19NS2/c1-4-19-47(20-5-1)59(48-21-6-2-7-22-48,49-23-8-3-9-24-49)50-32-30-44(31-33-50)57(46-29-27-39-15-10-11-16-40(39)36-46)45-18-14-17-41(37-45)42-28-34-51-43(35-42)38-56-55-54(51)52-25-12-13-26-53(52)58-55;1-3-10-29-26(8-1)27-15-13-23(18-30(27)35-29)21-7-5-6-20(16-21)22-12-14-25-24(17-22)19-34-33-32(25)28-9-2-4-11-31(28)36-33;1-3-10-29-26(8-1)27-15-13-23(18-31(27)35-29)21-7-5-6-20(16-21)22-12-14-25-24(17-22)19-34-33-32(25)28-9-2-4-11-30(28)36-33/h1-38H;2*1-19H. The average molecular weight is 1760 g/mol. The van der Waals surface area contributed by atoms with Crippen LogP contribution < -0.4 is 25.6 Å². The Hall–Kier alpha value is -15.6. The normalized spacial score (nSPS) is 11.8. The highest BCUT2D eigenvalue weighted by Gasteiger charge is 2.41. The van der Waals surface area contributed by atoms with Crippen molar-refractivity contribution in [3.8, 4) is 55.6 Å². The Labute approximate surface area is 772 Å². The van der Waals surface area contributed by atoms with Crippen molar-refractivity contribution in [1.29, 1.82) is 0 Å². The van der Waals surface area contributed by atoms with Crippen molar-refractivity contribution in [2.45, 2.75) is 0 Å². The minimum atomic E-state index is -2.68. The van der Waals surface area contributed by atoms with Crippen LogP contribution in [0.15, 0.2) is 466 Å². The summed E-state index contributed by atoms with van der Waals surface area (Å²) in [5, 5.41) is 27.7. The van der Waals surface area contributed by atoms with E-state index in [9.17, 15) is 0 Å². The van der Waals surface area contributed by atoms with E-state index in [1.165, 1.54) is 164 Å². The van der Waals surface area contributed by atoms with Crippen molar-refractivity contribution in [2.75, 3.05) is 4.90 Å². The van der Waals surface area contributed by atoms with Crippen molar-refractivity contribution in [1.82, 2.24) is 15.0 Å². The molecule has 131 heavy (non-hydrogen) atoms. The zero-order valence-electron chi connectivity index (χ0n) is 70.7. The summed E-state index contributed by atoms with van der Waals surface area (Å²) in [6, 6.07) is 161. The number of furan rings is 1. The summed E-state index contributed by atoms with van der Waals surface area (Å²) in [5.41, 5.74) is 17.1. The van der Waals surface area contributed by atoms with Crippen molar-refractivity contribution in [3.63, 3.8) is 0 Å². The molecule has 8 heterocycles. The number of anilines is 3. The van der Waals surface area contributed by atoms with Gasteiger partial charge in [-0.2, -0.15) is 0 Å². The van der Waals surface area contributed by atoms with Gasteiger partial charge < -0.3 is 9.32 Å². The van der Waals surface area contributed by atoms with Gasteiger partial charge in [0.05, 0.1) is 0 Å². The maximum atomic E-state index is 6.13. The third kappa shape index (κ3) is 13.8. The van der Waals surface area contributed by atoms with Crippen molar-refractivity contribution < 1.29 is 4.42 Å². The van der Waals surface area contributed by atoms with Gasteiger partial charge >= 0.3 is 0 Å². The van der Waals surface area contributed by atoms with Crippen LogP contribution in [-0.2, 0) is 0 Å². The minimum Gasteiger partial charge on any atom is -0.456 e. The molecular formula is C121H76N4OS4Si. The molecule has 0 atom stereocenters. The number of pyridine rings is 3. The number of nitrogens with zero attached hydrogens (tertiary/aromatic N) is 4. The van der Waals surface area contributed by atoms with E-state index < -0.39 is 8.07 Å². The lowest BCUT2D eigenvalue weighted by atomic mass is 9.96. The molecule has 0 fully saturated rings. The molecule has 0 radical (unpaired) electrons. The van der Waals surface area contributed by atoms with Crippen molar-refractivity contribution >= 4 is 237 Å². The summed E-state index contributed by atoms with van der Waals surface area (Å²) in [6.07, 6.45) is 6.07. The third-order valence-electron chi connectivity index (χ3n) is 26.1. The Balaban J connectivity index is 0.000000111. The second kappa shape index (κ2) is 32.6. The van der Waals surface area contributed by atoms with Gasteiger partial charge in [0, 0.05) is 129 Å². The number of para-hydroxylation sites is 1. The number of aromatic nitrogens is 3. The van der Waals surface area contributed by atoms with Crippen LogP contribution in [0.3, 0.4) is 0 Å². The molecule has 8 aromatic heterocycles. The molecule has 0 N–H and O–H groups in total. The molecule has 27 aromatic rings. The van der Waals surface area contributed by atoms with Gasteiger partial charge in [-0.3, -0.25) is 0 Å². The van der Waals surface area contributed by atoms with E-state index in [2.05, 4.69) is 436 Å². The zero-order valence-corrected chi connectivity index (χ0v) is 75.0. The first-order valence-corrected chi connectivity index (χ1v) is 49.4. The largest absolute Gasteiger partial charge is 0.456 e. The van der Waals surface area contributed by atoms with Crippen molar-refractivity contribution in [2.24, 2.45) is 0 Å². The van der Waals surface area contributed by atoms with Crippen LogP contribution in [0.1, 0.15) is 0 Å². The van der Waals surface area contributed by atoms with E-state index >= 15 is 0 Å². The van der Waals surface area contributed by atoms with E-state index in [-0.39, 0.29) is 0 Å². The second-order valence-electron chi connectivity index (χ2n) is 33.6. The Morgan fingerprint density at radius 2 is 0.534 bits per heavy atom. The summed E-state index contributed by atoms with van der Waals surface area (Å²) in [4.78, 5) is 20.2. The highest BCUT2D eigenvalue weighted by Crippen LogP contribution is 2.46. The van der Waals surface area contributed by atoms with Crippen molar-refractivity contribution in [3.05, 3.63) is 461 Å². The molecule has 0 unspecified atom stereocenters. The molecule has 0 saturated carbocycles. The van der Waals surface area contributed by atoms with E-state index in [0.717, 1.165) is 75.4 Å². The number of hydrogen-bond acceptors (Lipinski definition) is 9. The topological polar surface area (TPSA) is 55.1 Å². The summed E-state index contributed by atoms with van der Waals surface area (Å²) >= 11 is 7.16. The fraction of sp³-hybridized carbons (Fsp3) is 0. The summed E-state index contributed by atoms with van der Waals surface area (Å²) in [7, 11) is -2.68. The molecule has 27 rings (SSSR count). The predicted octanol–water partition coefficient (Wildman–Crippen LogP) is 32.4. The monoisotopic (exact) mass is 1760 g/mol. The zero-order chi connectivity index (χ0) is 86.5. The van der Waals surface area contributed by atoms with Gasteiger partial charge in [0.1, 0.15) is 25.7 Å². The van der Waals surface area contributed by atoms with Gasteiger partial charge in [-0.15, -0.1) is 45.3 Å². The molecule has 0 aliphatic heterocycles. The van der Waals surface area contributed by atoms with Crippen LogP contribution in [0.4, 0.5) is 17.1 Å². The predicted molar refractivity (Wildman–Crippen MR) is 567 cm³/mol. The van der Waals surface area contributed by atoms with E-state index in [1.54, 1.807) is 34.0 Å². The summed E-state index contributed by atoms with van der Waals surface area (Å²) in [5.74, 6) is 0. The Bertz CT molecular complexity index is 8750. The number of rotatable bonds is 12. The minimum absolute atomic E-state index is 0.919. The first-order valence-electron chi connectivity index (χ1n) is 44.2. The van der Waals surface area contributed by atoms with Crippen LogP contribution in [0.5, 0.6) is 0 Å². The Morgan fingerprint density at radius 1 is 0.191 bits per heavy atom. The Kier molecular flexibility index (Phi) is 19.3. The summed E-state index contributed by atoms with van der Waals surface area (Å²) in [6.45, 7) is 0. The summed E-state index contributed by atoms with van der Waals surface area (Å²) < 4.78 is 12.7. The molecule has 10 heteroatoms. The maximum absolute atomic E-state index is 6.13. The quantitative estimate of drug-likeness (QED) is 0.0901. The highest BCUT2D eigenvalue weighted by atomic mass is 32.1. The maximum Gasteiger partial charge on any atom is 0.179 e. The fourth-order valence-electron chi connectivity index (χ4n) is 19.8. The lowest BCUT2D eigenvalue weighted by molar-refractivity contribution is 0.669. The van der Waals surface area contributed by atoms with E-state index in [4.69, 9.17) is 19.4 Å². The molecule has 0 saturated heterocycles. The lowest BCUT2D eigenvalue weighted by Gasteiger charge is -2.35. The molecule has 19 aromatic carbocycles. The first-order chi connectivity index (χ1) is 64.9. The number of benzene rings is 19. The number of fused-ring (bicyclic) bond motifs is 22. The first kappa shape index (κ1) is 77.7. The molecule has 0 aliphatic carbocycles. The molecule has 0 spiro atoms. The smallest absolute Gasteiger partial charge is 0.179 e. The van der Waals surface area contributed by atoms with Gasteiger partial charge in [-0.25, -0.2) is 15.0 Å². The fourth-order valence-corrected chi connectivity index (χ4v) is 28.9. The van der Waals surface area contributed by atoms with Gasteiger partial charge in [-0.1, -0.05) is 328 Å². The molecule has 5 nitrogen and oxygen atoms in total. The molecule has 0 amide bonds. The molecule has 0 aliphatic rings. The van der Waals surface area contributed by atoms with Crippen LogP contribution >= 0.6 is 45.3 Å². The van der Waals surface area contributed by atoms with Gasteiger partial charge in [-0.05, 0) is 219 Å². The van der Waals surface area contributed by atoms with Crippen LogP contribution in [0.2, 0.25) is 0 Å². The number of thiophene rings is 4. The average Bonchev–Trinajstić information content (AvgIpc) is 1.42. The lowest BCUT2D eigenvalue weighted by Crippen LogP contribution is -2.74. The van der Waals surface area contributed by atoms with E-state index in [0.29, 0.717) is 0 Å². The van der Waals surface area contributed by atoms with E-state index in [1.807, 2.05) is 42.1 Å². The van der Waals surface area contributed by atoms with Crippen LogP contribution in [0.25, 0.3) is 202 Å². The van der Waals surface area contributed by atoms with Gasteiger partial charge in [0.25, 0.3) is 0 Å². The second-order valence-corrected chi connectivity index (χ2v) is 41.6. The third-order valence-corrected chi connectivity index (χ3v) is 35.2. The van der Waals surface area contributed by atoms with Gasteiger partial charge in [0.2, 0.25) is 0 Å². The molecule has 614 valence electrons. The van der Waals surface area contributed by atoms with Crippen LogP contribution in [0, 0.1) is 0 Å². The number of hydrogen-bond donors (Lipinski definition) is 0. The van der Waals surface area contributed by atoms with Crippen LogP contribution in [-0.4, -0.2) is 23.0 Å². The highest BCUT2D eigenvalue weighted by molar-refractivity contribution is 7.27. The molecular weight excluding hydrogens is 1680 g/mol. The SMILES string of the molecule is c1cc(-c2ccc3c(cnc4sc5ccccc5c43)c2)cc(-c2ccc3c(c2)oc2ccccc23)c1.c1cc(-c2ccc3c(cnc4sc5ccccc5c43)c2)cc(-c2ccc3c(c2)sc2ccccc23)c1.c1ccc([Si](c2ccccc2)(c2ccccc2)c2ccc(N(c3cccc(-c4ccc5c(cnc6sc7ccccc7c65)c4)c3)c3ccc4ccccc4c3)cc2)cc1. The molecule has 0 bridgehead atoms. The van der Waals surface area contributed by atoms with Gasteiger partial charge in [0.15, 0.2) is 8.07 Å². The Morgan fingerprint density at radius 3 is 1.03 bits per heavy atom.